The molecule has 8 nitrogen and oxygen atoms in total. The first-order valence-electron chi connectivity index (χ1n) is 13.3. The topological polar surface area (TPSA) is 147 Å². The molecule has 5 N–H and O–H groups in total. The summed E-state index contributed by atoms with van der Waals surface area (Å²) in [5.41, 5.74) is 10.7. The Bertz CT molecular complexity index is 1910. The molecule has 1 unspecified atom stereocenters. The van der Waals surface area contributed by atoms with Crippen molar-refractivity contribution in [3.63, 3.8) is 0 Å². The molecule has 1 atom stereocenters. The summed E-state index contributed by atoms with van der Waals surface area (Å²) in [6, 6.07) is 16.6. The number of hydrogen-bond donors (Lipinski definition) is 2. The zero-order valence-electron chi connectivity index (χ0n) is 23.1. The fourth-order valence-corrected chi connectivity index (χ4v) is 6.77. The Morgan fingerprint density at radius 2 is 1.98 bits per heavy atom. The highest BCUT2D eigenvalue weighted by molar-refractivity contribution is 7.82. The maximum Gasteiger partial charge on any atom is 0.268 e. The normalized spacial score (nSPS) is 13.2. The Morgan fingerprint density at radius 1 is 1.16 bits per heavy atom. The van der Waals surface area contributed by atoms with Gasteiger partial charge in [0.1, 0.15) is 5.69 Å². The molecular weight excluding hydrogens is 606 g/mol. The van der Waals surface area contributed by atoms with Crippen LogP contribution in [-0.4, -0.2) is 26.1 Å². The first-order chi connectivity index (χ1) is 20.2. The lowest BCUT2D eigenvalue weighted by atomic mass is 9.96. The summed E-state index contributed by atoms with van der Waals surface area (Å²) in [6.07, 6.45) is 3.38. The number of thiazole rings is 1. The van der Waals surface area contributed by atoms with E-state index in [-0.39, 0.29) is 16.1 Å². The third-order valence-electron chi connectivity index (χ3n) is 7.03. The highest BCUT2D eigenvalue weighted by atomic mass is 32.2. The molecule has 12 heteroatoms. The molecule has 0 saturated heterocycles. The summed E-state index contributed by atoms with van der Waals surface area (Å²) in [6.45, 7) is 2.05. The van der Waals surface area contributed by atoms with Crippen LogP contribution < -0.4 is 10.9 Å². The Kier molecular flexibility index (Phi) is 9.00. The molecule has 220 valence electrons. The van der Waals surface area contributed by atoms with Gasteiger partial charge >= 0.3 is 0 Å². The van der Waals surface area contributed by atoms with Crippen LogP contribution in [0.15, 0.2) is 64.9 Å². The van der Waals surface area contributed by atoms with Gasteiger partial charge in [-0.15, -0.1) is 27.8 Å². The van der Waals surface area contributed by atoms with Crippen LogP contribution in [0.2, 0.25) is 0 Å². The number of thiophene rings is 1. The number of carbonyl (C=O) groups is 1. The standard InChI is InChI=1S/C31H26FN5O2S3.H2O/c1-18-5-10-23(41-18)11-8-19-3-2-4-22(13-19)29-24(14-21-9-12-28(42(34)39)25(32)15-21)27(16-20-6-7-20)37(36-29)31-35-26(17-40-31)30(33)38;/h2-5,9-10,12-13,15,17,20H,6-7,14,16H2,1H3,(H2,33,38)(H2,34,39);1H2. The fraction of sp³-hybridized carbons (Fsp3) is 0.194. The summed E-state index contributed by atoms with van der Waals surface area (Å²) < 4.78 is 28.4. The van der Waals surface area contributed by atoms with Crippen molar-refractivity contribution in [3.8, 4) is 28.2 Å². The third-order valence-corrected chi connectivity index (χ3v) is 9.60. The molecule has 1 aliphatic rings. The van der Waals surface area contributed by atoms with E-state index in [9.17, 15) is 13.4 Å². The Balaban J connectivity index is 0.00000368. The number of aryl methyl sites for hydroxylation is 1. The molecule has 0 aliphatic heterocycles. The molecule has 1 saturated carbocycles. The summed E-state index contributed by atoms with van der Waals surface area (Å²) in [5, 5.41) is 12.7. The number of hydrogen-bond acceptors (Lipinski definition) is 7. The van der Waals surface area contributed by atoms with Gasteiger partial charge in [0, 0.05) is 33.4 Å². The van der Waals surface area contributed by atoms with Gasteiger partial charge in [-0.25, -0.2) is 14.1 Å². The molecule has 6 rings (SSSR count). The van der Waals surface area contributed by atoms with Gasteiger partial charge in [0.25, 0.3) is 5.91 Å². The van der Waals surface area contributed by atoms with E-state index in [4.69, 9.17) is 16.0 Å². The molecule has 3 heterocycles. The first-order valence-corrected chi connectivity index (χ1v) is 16.3. The summed E-state index contributed by atoms with van der Waals surface area (Å²) >= 11 is 2.94. The number of carbonyl (C=O) groups excluding carboxylic acids is 1. The first kappa shape index (κ1) is 30.5. The summed E-state index contributed by atoms with van der Waals surface area (Å²) in [4.78, 5) is 18.5. The van der Waals surface area contributed by atoms with Crippen molar-refractivity contribution >= 4 is 39.6 Å². The number of rotatable bonds is 8. The van der Waals surface area contributed by atoms with Crippen LogP contribution in [0.3, 0.4) is 0 Å². The van der Waals surface area contributed by atoms with Crippen molar-refractivity contribution in [1.29, 1.82) is 0 Å². The summed E-state index contributed by atoms with van der Waals surface area (Å²) in [5.74, 6) is 5.81. The minimum Gasteiger partial charge on any atom is -0.870 e. The second kappa shape index (κ2) is 12.7. The van der Waals surface area contributed by atoms with Crippen molar-refractivity contribution in [1.82, 2.24) is 14.8 Å². The predicted molar refractivity (Wildman–Crippen MR) is 168 cm³/mol. The fourth-order valence-electron chi connectivity index (χ4n) is 4.76. The lowest BCUT2D eigenvalue weighted by Gasteiger charge is -2.09. The number of aromatic nitrogens is 3. The molecule has 2 aromatic carbocycles. The van der Waals surface area contributed by atoms with Gasteiger partial charge in [-0.2, -0.15) is 5.10 Å². The monoisotopic (exact) mass is 633 g/mol. The number of nitrogens with two attached hydrogens (primary N) is 2. The lowest BCUT2D eigenvalue weighted by Crippen LogP contribution is -2.12. The van der Waals surface area contributed by atoms with E-state index < -0.39 is 22.7 Å². The largest absolute Gasteiger partial charge is 0.870 e. The Morgan fingerprint density at radius 3 is 2.63 bits per heavy atom. The predicted octanol–water partition coefficient (Wildman–Crippen LogP) is 5.30. The Hall–Kier alpha value is -3.99. The van der Waals surface area contributed by atoms with Crippen molar-refractivity contribution in [2.75, 3.05) is 0 Å². The van der Waals surface area contributed by atoms with E-state index in [2.05, 4.69) is 29.8 Å². The molecule has 1 fully saturated rings. The van der Waals surface area contributed by atoms with E-state index in [1.165, 1.54) is 28.3 Å². The second-order valence-corrected chi connectivity index (χ2v) is 13.5. The molecule has 0 spiro atoms. The number of halogens is 1. The van der Waals surface area contributed by atoms with E-state index in [1.54, 1.807) is 27.5 Å². The van der Waals surface area contributed by atoms with Crippen LogP contribution in [0.1, 0.15) is 55.5 Å². The van der Waals surface area contributed by atoms with Crippen molar-refractivity contribution in [3.05, 3.63) is 104 Å². The SMILES string of the molecule is Cc1ccc(C#Cc2cccc(-c3nn(-c4nc(C(N)=O)cs4)c(CC4CC4)c3Cc3ccc([SH+](N)=O)c(F)c3)c2)s1.[OH-]. The number of amides is 1. The Labute approximate surface area is 258 Å². The molecule has 1 amide bonds. The van der Waals surface area contributed by atoms with Crippen LogP contribution in [0.4, 0.5) is 4.39 Å². The van der Waals surface area contributed by atoms with Crippen molar-refractivity contribution in [2.45, 2.75) is 37.5 Å². The number of thiol groups is 1. The van der Waals surface area contributed by atoms with Gasteiger partial charge in [0.15, 0.2) is 16.8 Å². The van der Waals surface area contributed by atoms with Gasteiger partial charge in [0.05, 0.1) is 16.3 Å². The maximum absolute atomic E-state index is 14.8. The highest BCUT2D eigenvalue weighted by Crippen LogP contribution is 2.38. The van der Waals surface area contributed by atoms with E-state index in [0.29, 0.717) is 23.0 Å². The molecule has 0 bridgehead atoms. The smallest absolute Gasteiger partial charge is 0.268 e. The zero-order chi connectivity index (χ0) is 29.4. The maximum atomic E-state index is 14.8. The number of nitrogens with zero attached hydrogens (tertiary/aromatic N) is 3. The van der Waals surface area contributed by atoms with E-state index in [1.807, 2.05) is 30.3 Å². The molecule has 43 heavy (non-hydrogen) atoms. The van der Waals surface area contributed by atoms with Crippen LogP contribution in [0.25, 0.3) is 16.4 Å². The molecule has 3 aromatic heterocycles. The quantitative estimate of drug-likeness (QED) is 0.135. The minimum atomic E-state index is -2.29. The van der Waals surface area contributed by atoms with Crippen LogP contribution in [0, 0.1) is 30.5 Å². The molecule has 5 aromatic rings. The van der Waals surface area contributed by atoms with Gasteiger partial charge in [0.2, 0.25) is 10.0 Å². The second-order valence-electron chi connectivity index (χ2n) is 10.2. The molecule has 0 radical (unpaired) electrons. The minimum absolute atomic E-state index is 0. The van der Waals surface area contributed by atoms with Gasteiger partial charge < -0.3 is 11.2 Å². The average Bonchev–Trinajstić information content (AvgIpc) is 3.31. The molecular formula is C31H28FN5O3S3. The van der Waals surface area contributed by atoms with Crippen LogP contribution >= 0.6 is 22.7 Å². The van der Waals surface area contributed by atoms with Gasteiger partial charge in [-0.3, -0.25) is 4.79 Å². The van der Waals surface area contributed by atoms with Gasteiger partial charge in [-0.05, 0) is 74.1 Å². The average molecular weight is 634 g/mol. The summed E-state index contributed by atoms with van der Waals surface area (Å²) in [7, 11) is -2.29. The van der Waals surface area contributed by atoms with Gasteiger partial charge in [-0.1, -0.05) is 34.2 Å². The van der Waals surface area contributed by atoms with Crippen LogP contribution in [0.5, 0.6) is 0 Å². The highest BCUT2D eigenvalue weighted by Gasteiger charge is 2.29. The third kappa shape index (κ3) is 6.82. The zero-order valence-corrected chi connectivity index (χ0v) is 25.6. The van der Waals surface area contributed by atoms with E-state index in [0.717, 1.165) is 52.2 Å². The number of primary amides is 1. The molecule has 1 aliphatic carbocycles. The van der Waals surface area contributed by atoms with Crippen LogP contribution in [-0.2, 0) is 28.0 Å². The number of benzene rings is 2. The lowest BCUT2D eigenvalue weighted by molar-refractivity contribution is 0.0996. The van der Waals surface area contributed by atoms with Crippen molar-refractivity contribution < 1.29 is 18.9 Å². The van der Waals surface area contributed by atoms with Crippen molar-refractivity contribution in [2.24, 2.45) is 16.8 Å². The van der Waals surface area contributed by atoms with E-state index >= 15 is 0 Å².